The van der Waals surface area contributed by atoms with E-state index >= 15 is 0 Å². The monoisotopic (exact) mass is 402 g/mol. The lowest BCUT2D eigenvalue weighted by Crippen LogP contribution is -2.14. The molecule has 11 heteroatoms. The molecule has 134 valence electrons. The molecule has 2 aromatic rings. The van der Waals surface area contributed by atoms with Gasteiger partial charge < -0.3 is 9.31 Å². The largest absolute Gasteiger partial charge is 0.576 e. The normalized spacial score (nSPS) is 12.0. The molecule has 25 heavy (non-hydrogen) atoms. The molecule has 0 saturated carbocycles. The summed E-state index contributed by atoms with van der Waals surface area (Å²) in [6.45, 7) is 0. The second-order valence-corrected chi connectivity index (χ2v) is 5.39. The minimum Gasteiger partial charge on any atom is -0.527 e. The Bertz CT molecular complexity index is 700. The maximum atomic E-state index is 12.7. The van der Waals surface area contributed by atoms with Crippen LogP contribution in [0.25, 0.3) is 0 Å². The van der Waals surface area contributed by atoms with Gasteiger partial charge in [0.2, 0.25) is 0 Å². The third-order valence-electron chi connectivity index (χ3n) is 2.97. The first kappa shape index (κ1) is 19.6. The maximum Gasteiger partial charge on any atom is 0.576 e. The van der Waals surface area contributed by atoms with Gasteiger partial charge in [0.1, 0.15) is 11.5 Å². The van der Waals surface area contributed by atoms with Crippen LogP contribution in [0.5, 0.6) is 11.5 Å². The molecule has 0 aliphatic carbocycles. The van der Waals surface area contributed by atoms with Crippen molar-refractivity contribution in [2.75, 3.05) is 0 Å². The Morgan fingerprint density at radius 1 is 0.680 bits per heavy atom. The molecule has 0 bridgehead atoms. The number of rotatable bonds is 4. The van der Waals surface area contributed by atoms with Gasteiger partial charge in [-0.3, -0.25) is 0 Å². The smallest absolute Gasteiger partial charge is 0.527 e. The highest BCUT2D eigenvalue weighted by Gasteiger charge is 2.35. The summed E-state index contributed by atoms with van der Waals surface area (Å²) in [6, 6.07) is 5.99. The average molecular weight is 403 g/mol. The van der Waals surface area contributed by atoms with Crippen LogP contribution >= 0.6 is 23.2 Å². The van der Waals surface area contributed by atoms with Crippen LogP contribution in [-0.2, 0) is 12.4 Å². The van der Waals surface area contributed by atoms with E-state index in [-0.39, 0.29) is 11.5 Å². The van der Waals surface area contributed by atoms with Gasteiger partial charge in [0, 0.05) is 0 Å². The molecule has 0 saturated heterocycles. The molecule has 0 aromatic heterocycles. The van der Waals surface area contributed by atoms with Crippen LogP contribution in [0, 0.1) is 0 Å². The number of benzene rings is 2. The van der Waals surface area contributed by atoms with Crippen LogP contribution in [0.15, 0.2) is 36.4 Å². The predicted octanol–water partition coefficient (Wildman–Crippen LogP) is 5.76. The van der Waals surface area contributed by atoms with Crippen molar-refractivity contribution >= 4 is 30.9 Å². The van der Waals surface area contributed by atoms with Gasteiger partial charge in [-0.2, -0.15) is 26.3 Å². The Morgan fingerprint density at radius 3 is 1.36 bits per heavy atom. The lowest BCUT2D eigenvalue weighted by atomic mass is 10.2. The van der Waals surface area contributed by atoms with E-state index in [1.807, 2.05) is 0 Å². The summed E-state index contributed by atoms with van der Waals surface area (Å²) in [5, 5.41) is -1.37. The maximum absolute atomic E-state index is 12.7. The van der Waals surface area contributed by atoms with Crippen LogP contribution in [0.1, 0.15) is 11.1 Å². The molecule has 0 radical (unpaired) electrons. The first-order valence-corrected chi connectivity index (χ1v) is 7.24. The second kappa shape index (κ2) is 7.25. The third kappa shape index (κ3) is 4.67. The fourth-order valence-corrected chi connectivity index (χ4v) is 2.41. The quantitative estimate of drug-likeness (QED) is 0.478. The summed E-state index contributed by atoms with van der Waals surface area (Å²) in [4.78, 5) is 0. The van der Waals surface area contributed by atoms with Gasteiger partial charge in [0.25, 0.3) is 0 Å². The Hall–Kier alpha value is -1.74. The Kier molecular flexibility index (Phi) is 5.68. The zero-order valence-electron chi connectivity index (χ0n) is 12.0. The fraction of sp³-hybridized carbons (Fsp3) is 0.143. The van der Waals surface area contributed by atoms with Gasteiger partial charge in [-0.05, 0) is 24.3 Å². The topological polar surface area (TPSA) is 18.5 Å². The molecule has 0 fully saturated rings. The lowest BCUT2D eigenvalue weighted by molar-refractivity contribution is -0.138. The zero-order chi connectivity index (χ0) is 18.8. The Morgan fingerprint density at radius 2 is 1.04 bits per heavy atom. The fourth-order valence-electron chi connectivity index (χ4n) is 1.84. The van der Waals surface area contributed by atoms with Gasteiger partial charge in [-0.25, -0.2) is 0 Å². The van der Waals surface area contributed by atoms with Crippen molar-refractivity contribution in [2.24, 2.45) is 0 Å². The standard InChI is InChI=1S/C14H7BCl2F6O2/c16-11-7(13(18,19)20)3-1-5-9(11)24-15-25-10-6-2-4-8(12(10)17)14(21,22)23/h1-6,15H. The lowest BCUT2D eigenvalue weighted by Gasteiger charge is -2.15. The molecule has 0 N–H and O–H groups in total. The summed E-state index contributed by atoms with van der Waals surface area (Å²) in [7, 11) is -0.692. The first-order chi connectivity index (χ1) is 11.5. The molecule has 0 aliphatic rings. The number of hydrogen-bond donors (Lipinski definition) is 0. The minimum absolute atomic E-state index is 0.334. The molecule has 0 heterocycles. The van der Waals surface area contributed by atoms with Crippen molar-refractivity contribution in [2.45, 2.75) is 12.4 Å². The summed E-state index contributed by atoms with van der Waals surface area (Å²) in [5.74, 6) is -0.667. The van der Waals surface area contributed by atoms with E-state index in [1.165, 1.54) is 0 Å². The number of halogens is 8. The zero-order valence-corrected chi connectivity index (χ0v) is 13.5. The second-order valence-electron chi connectivity index (χ2n) is 4.64. The van der Waals surface area contributed by atoms with Gasteiger partial charge in [-0.1, -0.05) is 35.3 Å². The van der Waals surface area contributed by atoms with Crippen molar-refractivity contribution < 1.29 is 35.7 Å². The Balaban J connectivity index is 2.13. The van der Waals surface area contributed by atoms with E-state index in [0.717, 1.165) is 36.4 Å². The van der Waals surface area contributed by atoms with Crippen molar-refractivity contribution in [3.8, 4) is 11.5 Å². The van der Waals surface area contributed by atoms with E-state index < -0.39 is 41.2 Å². The van der Waals surface area contributed by atoms with Crippen LogP contribution in [0.2, 0.25) is 10.0 Å². The van der Waals surface area contributed by atoms with Crippen molar-refractivity contribution in [1.82, 2.24) is 0 Å². The first-order valence-electron chi connectivity index (χ1n) is 6.49. The molecule has 0 aliphatic heterocycles. The number of alkyl halides is 6. The van der Waals surface area contributed by atoms with Crippen LogP contribution in [0.4, 0.5) is 26.3 Å². The molecule has 0 atom stereocenters. The minimum atomic E-state index is -4.68. The summed E-state index contributed by atoms with van der Waals surface area (Å²) in [6.07, 6.45) is -9.36. The highest BCUT2D eigenvalue weighted by Crippen LogP contribution is 2.40. The molecular weight excluding hydrogens is 396 g/mol. The SMILES string of the molecule is FC(F)(F)c1cccc(OBOc2cccc(C(F)(F)F)c2Cl)c1Cl. The van der Waals surface area contributed by atoms with Gasteiger partial charge in [-0.15, -0.1) is 0 Å². The van der Waals surface area contributed by atoms with E-state index in [2.05, 4.69) is 0 Å². The van der Waals surface area contributed by atoms with Crippen molar-refractivity contribution in [1.29, 1.82) is 0 Å². The molecule has 0 spiro atoms. The molecule has 0 unspecified atom stereocenters. The summed E-state index contributed by atoms with van der Waals surface area (Å²) < 4.78 is 86.3. The van der Waals surface area contributed by atoms with E-state index in [1.54, 1.807) is 0 Å². The average Bonchev–Trinajstić information content (AvgIpc) is 2.48. The van der Waals surface area contributed by atoms with E-state index in [0.29, 0.717) is 0 Å². The predicted molar refractivity (Wildman–Crippen MR) is 81.3 cm³/mol. The van der Waals surface area contributed by atoms with Crippen LogP contribution < -0.4 is 9.31 Å². The van der Waals surface area contributed by atoms with E-state index in [9.17, 15) is 26.3 Å². The third-order valence-corrected chi connectivity index (χ3v) is 3.75. The van der Waals surface area contributed by atoms with Gasteiger partial charge in [0.15, 0.2) is 0 Å². The Labute approximate surface area is 148 Å². The molecule has 2 aromatic carbocycles. The van der Waals surface area contributed by atoms with Crippen molar-refractivity contribution in [3.05, 3.63) is 57.6 Å². The van der Waals surface area contributed by atoms with Crippen LogP contribution in [0.3, 0.4) is 0 Å². The molecule has 2 nitrogen and oxygen atoms in total. The van der Waals surface area contributed by atoms with E-state index in [4.69, 9.17) is 32.5 Å². The summed E-state index contributed by atoms with van der Waals surface area (Å²) in [5.41, 5.74) is -2.22. The number of hydrogen-bond acceptors (Lipinski definition) is 2. The molecule has 2 rings (SSSR count). The molecule has 0 amide bonds. The van der Waals surface area contributed by atoms with Gasteiger partial charge >= 0.3 is 20.0 Å². The van der Waals surface area contributed by atoms with Crippen molar-refractivity contribution in [3.63, 3.8) is 0 Å². The highest BCUT2D eigenvalue weighted by molar-refractivity contribution is 6.34. The molecular formula is C14H7BCl2F6O2. The van der Waals surface area contributed by atoms with Gasteiger partial charge in [0.05, 0.1) is 21.2 Å². The van der Waals surface area contributed by atoms with Crippen LogP contribution in [-0.4, -0.2) is 7.69 Å². The summed E-state index contributed by atoms with van der Waals surface area (Å²) >= 11 is 11.2. The highest BCUT2D eigenvalue weighted by atomic mass is 35.5.